The predicted octanol–water partition coefficient (Wildman–Crippen LogP) is 2.84. The second-order valence-electron chi connectivity index (χ2n) is 4.42. The minimum Gasteiger partial charge on any atom is -0.508 e. The molecule has 0 radical (unpaired) electrons. The summed E-state index contributed by atoms with van der Waals surface area (Å²) in [7, 11) is 0. The van der Waals surface area contributed by atoms with Gasteiger partial charge in [0, 0.05) is 15.4 Å². The molecule has 0 spiro atoms. The van der Waals surface area contributed by atoms with E-state index in [2.05, 4.69) is 5.32 Å². The quantitative estimate of drug-likeness (QED) is 0.596. The number of thiophene rings is 1. The molecule has 1 atom stereocenters. The molecule has 1 unspecified atom stereocenters. The van der Waals surface area contributed by atoms with Crippen LogP contribution in [-0.2, 0) is 0 Å². The van der Waals surface area contributed by atoms with E-state index in [1.165, 1.54) is 23.1 Å². The van der Waals surface area contributed by atoms with Gasteiger partial charge in [0.2, 0.25) is 0 Å². The lowest BCUT2D eigenvalue weighted by Crippen LogP contribution is -2.26. The SMILES string of the molecule is Cc1ccc(C(C)NC(=O)c2cc(O)ccc2N)s1. The molecule has 0 saturated heterocycles. The monoisotopic (exact) mass is 276 g/mol. The molecule has 0 saturated carbocycles. The average molecular weight is 276 g/mol. The number of nitrogen functional groups attached to an aromatic ring is 1. The third-order valence-corrected chi connectivity index (χ3v) is 4.00. The molecule has 0 aliphatic rings. The number of aryl methyl sites for hydroxylation is 1. The third kappa shape index (κ3) is 3.06. The predicted molar refractivity (Wildman–Crippen MR) is 77.5 cm³/mol. The molecule has 100 valence electrons. The van der Waals surface area contributed by atoms with Crippen molar-refractivity contribution < 1.29 is 9.90 Å². The van der Waals surface area contributed by atoms with E-state index < -0.39 is 0 Å². The number of nitrogens with one attached hydrogen (secondary N) is 1. The summed E-state index contributed by atoms with van der Waals surface area (Å²) in [4.78, 5) is 14.4. The molecule has 1 amide bonds. The summed E-state index contributed by atoms with van der Waals surface area (Å²) in [6, 6.07) is 8.27. The van der Waals surface area contributed by atoms with Gasteiger partial charge in [-0.3, -0.25) is 4.79 Å². The first kappa shape index (κ1) is 13.4. The van der Waals surface area contributed by atoms with Gasteiger partial charge in [0.05, 0.1) is 11.6 Å². The van der Waals surface area contributed by atoms with E-state index in [-0.39, 0.29) is 17.7 Å². The van der Waals surface area contributed by atoms with E-state index in [4.69, 9.17) is 5.73 Å². The zero-order chi connectivity index (χ0) is 14.0. The number of hydrogen-bond donors (Lipinski definition) is 3. The van der Waals surface area contributed by atoms with Crippen molar-refractivity contribution in [2.24, 2.45) is 0 Å². The van der Waals surface area contributed by atoms with Crippen LogP contribution < -0.4 is 11.1 Å². The highest BCUT2D eigenvalue weighted by Crippen LogP contribution is 2.24. The number of hydrogen-bond acceptors (Lipinski definition) is 4. The number of aromatic hydroxyl groups is 1. The van der Waals surface area contributed by atoms with Crippen molar-refractivity contribution in [3.8, 4) is 5.75 Å². The summed E-state index contributed by atoms with van der Waals surface area (Å²) >= 11 is 1.65. The number of phenolic OH excluding ortho intramolecular Hbond substituents is 1. The van der Waals surface area contributed by atoms with Gasteiger partial charge in [0.25, 0.3) is 5.91 Å². The first-order valence-electron chi connectivity index (χ1n) is 5.93. The standard InChI is InChI=1S/C14H16N2O2S/c1-8-3-6-13(19-8)9(2)16-14(18)11-7-10(17)4-5-12(11)15/h3-7,9,17H,15H2,1-2H3,(H,16,18). The Balaban J connectivity index is 2.15. The normalized spacial score (nSPS) is 12.1. The number of carbonyl (C=O) groups is 1. The summed E-state index contributed by atoms with van der Waals surface area (Å²) in [5.74, 6) is -0.258. The second kappa shape index (κ2) is 5.32. The van der Waals surface area contributed by atoms with Gasteiger partial charge in [-0.25, -0.2) is 0 Å². The fraction of sp³-hybridized carbons (Fsp3) is 0.214. The fourth-order valence-electron chi connectivity index (χ4n) is 1.77. The average Bonchev–Trinajstić information content (AvgIpc) is 2.79. The molecule has 4 nitrogen and oxygen atoms in total. The van der Waals surface area contributed by atoms with Crippen LogP contribution in [0.15, 0.2) is 30.3 Å². The van der Waals surface area contributed by atoms with Crippen LogP contribution in [0.4, 0.5) is 5.69 Å². The Bertz CT molecular complexity index is 607. The lowest BCUT2D eigenvalue weighted by atomic mass is 10.1. The van der Waals surface area contributed by atoms with Crippen LogP contribution in [0.5, 0.6) is 5.75 Å². The Morgan fingerprint density at radius 1 is 1.37 bits per heavy atom. The summed E-state index contributed by atoms with van der Waals surface area (Å²) in [5.41, 5.74) is 6.38. The Morgan fingerprint density at radius 3 is 2.74 bits per heavy atom. The smallest absolute Gasteiger partial charge is 0.254 e. The topological polar surface area (TPSA) is 75.3 Å². The first-order valence-corrected chi connectivity index (χ1v) is 6.74. The van der Waals surface area contributed by atoms with Gasteiger partial charge in [0.1, 0.15) is 5.75 Å². The number of benzene rings is 1. The first-order chi connectivity index (χ1) is 8.97. The Hall–Kier alpha value is -2.01. The lowest BCUT2D eigenvalue weighted by Gasteiger charge is -2.13. The molecular formula is C14H16N2O2S. The molecule has 5 heteroatoms. The number of anilines is 1. The summed E-state index contributed by atoms with van der Waals surface area (Å²) in [5, 5.41) is 12.3. The summed E-state index contributed by atoms with van der Waals surface area (Å²) in [6.45, 7) is 3.94. The molecule has 0 aliphatic heterocycles. The molecule has 2 rings (SSSR count). The molecule has 4 N–H and O–H groups in total. The number of rotatable bonds is 3. The maximum atomic E-state index is 12.1. The zero-order valence-electron chi connectivity index (χ0n) is 10.8. The van der Waals surface area contributed by atoms with E-state index in [1.807, 2.05) is 26.0 Å². The van der Waals surface area contributed by atoms with Gasteiger partial charge in [0.15, 0.2) is 0 Å². The summed E-state index contributed by atoms with van der Waals surface area (Å²) in [6.07, 6.45) is 0. The number of phenols is 1. The van der Waals surface area contributed by atoms with Gasteiger partial charge in [-0.05, 0) is 44.2 Å². The number of nitrogens with two attached hydrogens (primary N) is 1. The fourth-order valence-corrected chi connectivity index (χ4v) is 2.65. The van der Waals surface area contributed by atoms with E-state index in [1.54, 1.807) is 11.3 Å². The minimum atomic E-state index is -0.285. The van der Waals surface area contributed by atoms with Gasteiger partial charge in [-0.1, -0.05) is 0 Å². The molecule has 1 heterocycles. The van der Waals surface area contributed by atoms with Crippen LogP contribution in [0.3, 0.4) is 0 Å². The van der Waals surface area contributed by atoms with Gasteiger partial charge in [-0.2, -0.15) is 0 Å². The third-order valence-electron chi connectivity index (χ3n) is 2.82. The molecule has 0 fully saturated rings. The molecule has 1 aromatic heterocycles. The highest BCUT2D eigenvalue weighted by molar-refractivity contribution is 7.12. The van der Waals surface area contributed by atoms with Crippen LogP contribution in [0.1, 0.15) is 33.1 Å². The van der Waals surface area contributed by atoms with Crippen molar-refractivity contribution in [3.63, 3.8) is 0 Å². The Kier molecular flexibility index (Phi) is 3.76. The van der Waals surface area contributed by atoms with Crippen molar-refractivity contribution in [2.75, 3.05) is 5.73 Å². The van der Waals surface area contributed by atoms with E-state index >= 15 is 0 Å². The maximum absolute atomic E-state index is 12.1. The van der Waals surface area contributed by atoms with Crippen molar-refractivity contribution in [2.45, 2.75) is 19.9 Å². The highest BCUT2D eigenvalue weighted by Gasteiger charge is 2.15. The minimum absolute atomic E-state index is 0.0268. The summed E-state index contributed by atoms with van der Waals surface area (Å²) < 4.78 is 0. The van der Waals surface area contributed by atoms with Crippen molar-refractivity contribution in [1.29, 1.82) is 0 Å². The van der Waals surface area contributed by atoms with Crippen LogP contribution in [0, 0.1) is 6.92 Å². The molecule has 0 aliphatic carbocycles. The van der Waals surface area contributed by atoms with E-state index in [9.17, 15) is 9.90 Å². The molecule has 2 aromatic rings. The van der Waals surface area contributed by atoms with Crippen LogP contribution >= 0.6 is 11.3 Å². The number of carbonyl (C=O) groups excluding carboxylic acids is 1. The largest absolute Gasteiger partial charge is 0.508 e. The second-order valence-corrected chi connectivity index (χ2v) is 5.73. The van der Waals surface area contributed by atoms with E-state index in [0.29, 0.717) is 11.3 Å². The Labute approximate surface area is 115 Å². The van der Waals surface area contributed by atoms with Crippen LogP contribution in [0.25, 0.3) is 0 Å². The van der Waals surface area contributed by atoms with Crippen molar-refractivity contribution >= 4 is 22.9 Å². The van der Waals surface area contributed by atoms with E-state index in [0.717, 1.165) is 4.88 Å². The number of amides is 1. The lowest BCUT2D eigenvalue weighted by molar-refractivity contribution is 0.0941. The van der Waals surface area contributed by atoms with Gasteiger partial charge < -0.3 is 16.2 Å². The molecular weight excluding hydrogens is 260 g/mol. The van der Waals surface area contributed by atoms with Gasteiger partial charge >= 0.3 is 0 Å². The van der Waals surface area contributed by atoms with Crippen molar-refractivity contribution in [3.05, 3.63) is 45.6 Å². The van der Waals surface area contributed by atoms with Crippen LogP contribution in [0.2, 0.25) is 0 Å². The maximum Gasteiger partial charge on any atom is 0.254 e. The zero-order valence-corrected chi connectivity index (χ0v) is 11.6. The molecule has 19 heavy (non-hydrogen) atoms. The highest BCUT2D eigenvalue weighted by atomic mass is 32.1. The molecule has 1 aromatic carbocycles. The Morgan fingerprint density at radius 2 is 2.11 bits per heavy atom. The molecule has 0 bridgehead atoms. The van der Waals surface area contributed by atoms with Crippen LogP contribution in [-0.4, -0.2) is 11.0 Å². The van der Waals surface area contributed by atoms with Crippen molar-refractivity contribution in [1.82, 2.24) is 5.32 Å². The van der Waals surface area contributed by atoms with Gasteiger partial charge in [-0.15, -0.1) is 11.3 Å².